The van der Waals surface area contributed by atoms with E-state index in [0.717, 1.165) is 31.3 Å². The van der Waals surface area contributed by atoms with E-state index in [9.17, 15) is 8.42 Å². The number of benzene rings is 1. The Kier molecular flexibility index (Phi) is 8.42. The van der Waals surface area contributed by atoms with Gasteiger partial charge >= 0.3 is 0 Å². The highest BCUT2D eigenvalue weighted by Gasteiger charge is 2.07. The summed E-state index contributed by atoms with van der Waals surface area (Å²) in [5.41, 5.74) is 1.36. The molecule has 0 aromatic heterocycles. The topological polar surface area (TPSA) is 91.8 Å². The normalized spacial score (nSPS) is 12.0. The summed E-state index contributed by atoms with van der Waals surface area (Å²) in [7, 11) is -1.64. The molecule has 0 atom stereocenters. The van der Waals surface area contributed by atoms with Crippen molar-refractivity contribution >= 4 is 21.7 Å². The van der Waals surface area contributed by atoms with Crippen LogP contribution >= 0.6 is 0 Å². The maximum atomic E-state index is 11.4. The van der Waals surface area contributed by atoms with Crippen molar-refractivity contribution in [2.24, 2.45) is 4.99 Å². The Morgan fingerprint density at radius 3 is 2.65 bits per heavy atom. The van der Waals surface area contributed by atoms with Crippen LogP contribution in [0.1, 0.15) is 18.9 Å². The number of guanidine groups is 1. The lowest BCUT2D eigenvalue weighted by Crippen LogP contribution is -2.38. The van der Waals surface area contributed by atoms with Crippen molar-refractivity contribution in [3.8, 4) is 0 Å². The number of ether oxygens (including phenoxy) is 1. The summed E-state index contributed by atoms with van der Waals surface area (Å²) in [6.07, 6.45) is 2.02. The van der Waals surface area contributed by atoms with E-state index in [1.807, 2.05) is 19.1 Å². The summed E-state index contributed by atoms with van der Waals surface area (Å²) in [5, 5.41) is 6.37. The molecular weight excluding hydrogens is 316 g/mol. The van der Waals surface area contributed by atoms with Crippen molar-refractivity contribution < 1.29 is 13.2 Å². The summed E-state index contributed by atoms with van der Waals surface area (Å²) in [6, 6.07) is 7.22. The van der Waals surface area contributed by atoms with Gasteiger partial charge in [0.1, 0.15) is 0 Å². The van der Waals surface area contributed by atoms with Gasteiger partial charge in [0.2, 0.25) is 10.0 Å². The molecule has 0 spiro atoms. The maximum absolute atomic E-state index is 11.4. The Hall–Kier alpha value is -1.80. The van der Waals surface area contributed by atoms with E-state index in [1.165, 1.54) is 0 Å². The van der Waals surface area contributed by atoms with E-state index in [0.29, 0.717) is 24.8 Å². The number of rotatable bonds is 9. The number of methoxy groups -OCH3 is 1. The van der Waals surface area contributed by atoms with Crippen LogP contribution in [0, 0.1) is 0 Å². The van der Waals surface area contributed by atoms with Gasteiger partial charge in [-0.15, -0.1) is 0 Å². The summed E-state index contributed by atoms with van der Waals surface area (Å²) in [6.45, 7) is 4.56. The smallest absolute Gasteiger partial charge is 0.229 e. The van der Waals surface area contributed by atoms with Crippen molar-refractivity contribution in [2.45, 2.75) is 19.9 Å². The molecular formula is C15H26N4O3S. The first-order valence-corrected chi connectivity index (χ1v) is 9.42. The molecule has 3 N–H and O–H groups in total. The number of para-hydroxylation sites is 1. The molecule has 0 saturated carbocycles. The average molecular weight is 342 g/mol. The van der Waals surface area contributed by atoms with E-state index >= 15 is 0 Å². The second-order valence-electron chi connectivity index (χ2n) is 5.00. The third-order valence-electron chi connectivity index (χ3n) is 2.88. The Morgan fingerprint density at radius 2 is 2.00 bits per heavy atom. The number of hydrogen-bond donors (Lipinski definition) is 3. The number of hydrogen-bond acceptors (Lipinski definition) is 4. The van der Waals surface area contributed by atoms with Gasteiger partial charge in [-0.3, -0.25) is 4.72 Å². The number of nitrogens with one attached hydrogen (secondary N) is 3. The van der Waals surface area contributed by atoms with Crippen LogP contribution in [0.2, 0.25) is 0 Å². The molecule has 130 valence electrons. The quantitative estimate of drug-likeness (QED) is 0.356. The van der Waals surface area contributed by atoms with E-state index < -0.39 is 10.0 Å². The van der Waals surface area contributed by atoms with Gasteiger partial charge in [-0.1, -0.05) is 18.2 Å². The van der Waals surface area contributed by atoms with E-state index in [4.69, 9.17) is 4.74 Å². The molecule has 0 amide bonds. The molecule has 8 heteroatoms. The highest BCUT2D eigenvalue weighted by atomic mass is 32.2. The molecule has 0 heterocycles. The minimum atomic E-state index is -3.31. The Labute approximate surface area is 138 Å². The summed E-state index contributed by atoms with van der Waals surface area (Å²) in [5.74, 6) is 0.692. The first kappa shape index (κ1) is 19.2. The molecule has 1 aromatic carbocycles. The van der Waals surface area contributed by atoms with Gasteiger partial charge in [-0.25, -0.2) is 13.4 Å². The molecule has 23 heavy (non-hydrogen) atoms. The van der Waals surface area contributed by atoms with Gasteiger partial charge in [-0.2, -0.15) is 0 Å². The number of anilines is 1. The highest BCUT2D eigenvalue weighted by Crippen LogP contribution is 2.17. The van der Waals surface area contributed by atoms with E-state index in [2.05, 4.69) is 20.3 Å². The van der Waals surface area contributed by atoms with Gasteiger partial charge in [0, 0.05) is 26.8 Å². The molecule has 0 aliphatic carbocycles. The fourth-order valence-corrected chi connectivity index (χ4v) is 2.49. The second-order valence-corrected chi connectivity index (χ2v) is 6.75. The molecule has 0 aliphatic heterocycles. The standard InChI is InChI=1S/C15H26N4O3S/c1-4-16-15(17-10-7-11-22-2)18-12-13-8-5-6-9-14(13)19-23(3,20)21/h5-6,8-9,19H,4,7,10-12H2,1-3H3,(H2,16,17,18). The van der Waals surface area contributed by atoms with Gasteiger partial charge in [0.05, 0.1) is 18.5 Å². The highest BCUT2D eigenvalue weighted by molar-refractivity contribution is 7.92. The van der Waals surface area contributed by atoms with Crippen molar-refractivity contribution in [3.05, 3.63) is 29.8 Å². The molecule has 0 fully saturated rings. The van der Waals surface area contributed by atoms with Gasteiger partial charge in [0.25, 0.3) is 0 Å². The predicted molar refractivity (Wildman–Crippen MR) is 94.2 cm³/mol. The zero-order chi connectivity index (χ0) is 17.1. The maximum Gasteiger partial charge on any atom is 0.229 e. The summed E-state index contributed by atoms with van der Waals surface area (Å²) < 4.78 is 30.3. The Balaban J connectivity index is 2.74. The van der Waals surface area contributed by atoms with Crippen molar-refractivity contribution in [2.75, 3.05) is 37.8 Å². The SMILES string of the molecule is CCNC(=NCc1ccccc1NS(C)(=O)=O)NCCCOC. The van der Waals surface area contributed by atoms with Crippen molar-refractivity contribution in [1.82, 2.24) is 10.6 Å². The summed E-state index contributed by atoms with van der Waals surface area (Å²) >= 11 is 0. The minimum Gasteiger partial charge on any atom is -0.385 e. The first-order valence-electron chi connectivity index (χ1n) is 7.53. The molecule has 0 saturated heterocycles. The largest absolute Gasteiger partial charge is 0.385 e. The van der Waals surface area contributed by atoms with Crippen LogP contribution in [0.15, 0.2) is 29.3 Å². The number of sulfonamides is 1. The third kappa shape index (κ3) is 8.41. The fraction of sp³-hybridized carbons (Fsp3) is 0.533. The second kappa shape index (κ2) is 10.1. The first-order chi connectivity index (χ1) is 11.0. The van der Waals surface area contributed by atoms with E-state index in [1.54, 1.807) is 19.2 Å². The Morgan fingerprint density at radius 1 is 1.26 bits per heavy atom. The van der Waals surface area contributed by atoms with Crippen molar-refractivity contribution in [3.63, 3.8) is 0 Å². The van der Waals surface area contributed by atoms with Crippen LogP contribution in [0.25, 0.3) is 0 Å². The van der Waals surface area contributed by atoms with Crippen LogP contribution in [0.5, 0.6) is 0 Å². The Bertz CT molecular complexity index is 602. The minimum absolute atomic E-state index is 0.373. The fourth-order valence-electron chi connectivity index (χ4n) is 1.89. The average Bonchev–Trinajstić information content (AvgIpc) is 2.49. The lowest BCUT2D eigenvalue weighted by molar-refractivity contribution is 0.195. The van der Waals surface area contributed by atoms with Gasteiger partial charge in [-0.05, 0) is 25.0 Å². The van der Waals surface area contributed by atoms with Crippen LogP contribution in [0.4, 0.5) is 5.69 Å². The zero-order valence-corrected chi connectivity index (χ0v) is 14.7. The lowest BCUT2D eigenvalue weighted by Gasteiger charge is -2.12. The molecule has 0 unspecified atom stereocenters. The van der Waals surface area contributed by atoms with Crippen molar-refractivity contribution in [1.29, 1.82) is 0 Å². The number of aliphatic imine (C=N–C) groups is 1. The van der Waals surface area contributed by atoms with Gasteiger partial charge in [0.15, 0.2) is 5.96 Å². The molecule has 1 aromatic rings. The van der Waals surface area contributed by atoms with Crippen LogP contribution in [-0.4, -0.2) is 47.4 Å². The molecule has 0 radical (unpaired) electrons. The molecule has 0 bridgehead atoms. The van der Waals surface area contributed by atoms with Crippen LogP contribution in [-0.2, 0) is 21.3 Å². The van der Waals surface area contributed by atoms with Gasteiger partial charge < -0.3 is 15.4 Å². The zero-order valence-electron chi connectivity index (χ0n) is 13.9. The third-order valence-corrected chi connectivity index (χ3v) is 3.47. The number of nitrogens with zero attached hydrogens (tertiary/aromatic N) is 1. The monoisotopic (exact) mass is 342 g/mol. The predicted octanol–water partition coefficient (Wildman–Crippen LogP) is 1.15. The molecule has 7 nitrogen and oxygen atoms in total. The lowest BCUT2D eigenvalue weighted by atomic mass is 10.2. The molecule has 0 aliphatic rings. The molecule has 1 rings (SSSR count). The summed E-state index contributed by atoms with van der Waals surface area (Å²) in [4.78, 5) is 4.49. The van der Waals surface area contributed by atoms with Crippen LogP contribution in [0.3, 0.4) is 0 Å². The van der Waals surface area contributed by atoms with E-state index in [-0.39, 0.29) is 0 Å². The van der Waals surface area contributed by atoms with Crippen LogP contribution < -0.4 is 15.4 Å².